The van der Waals surface area contributed by atoms with Gasteiger partial charge in [0.05, 0.1) is 11.7 Å². The summed E-state index contributed by atoms with van der Waals surface area (Å²) in [6.07, 6.45) is 7.96. The van der Waals surface area contributed by atoms with Gasteiger partial charge in [0.15, 0.2) is 0 Å². The van der Waals surface area contributed by atoms with Crippen LogP contribution in [0.15, 0.2) is 273 Å². The Morgan fingerprint density at radius 3 is 1.21 bits per heavy atom. The highest BCUT2D eigenvalue weighted by molar-refractivity contribution is 5.99. The van der Waals surface area contributed by atoms with Crippen molar-refractivity contribution in [2.24, 2.45) is 0 Å². The molecule has 0 aliphatic heterocycles. The number of anilines is 5. The van der Waals surface area contributed by atoms with Crippen molar-refractivity contribution in [3.05, 3.63) is 279 Å². The van der Waals surface area contributed by atoms with Gasteiger partial charge in [0.1, 0.15) is 0 Å². The van der Waals surface area contributed by atoms with Gasteiger partial charge >= 0.3 is 0 Å². The summed E-state index contributed by atoms with van der Waals surface area (Å²) < 4.78 is 0. The molecule has 0 amide bonds. The molecule has 0 aromatic heterocycles. The fraction of sp³-hybridized carbons (Fsp3) is 0.0312. The maximum absolute atomic E-state index is 2.48. The average molecular weight is 845 g/mol. The minimum absolute atomic E-state index is 0.139. The first-order valence-corrected chi connectivity index (χ1v) is 22.8. The summed E-state index contributed by atoms with van der Waals surface area (Å²) in [5.74, 6) is 0. The largest absolute Gasteiger partial charge is 0.334 e. The second-order valence-corrected chi connectivity index (χ2v) is 16.9. The van der Waals surface area contributed by atoms with E-state index in [-0.39, 0.29) is 6.04 Å². The molecule has 0 N–H and O–H groups in total. The smallest absolute Gasteiger partial charge is 0.0560 e. The molecule has 0 spiro atoms. The van der Waals surface area contributed by atoms with Crippen LogP contribution in [-0.4, -0.2) is 6.04 Å². The molecule has 1 atom stereocenters. The van der Waals surface area contributed by atoms with Gasteiger partial charge in [-0.3, -0.25) is 0 Å². The van der Waals surface area contributed by atoms with Gasteiger partial charge in [-0.2, -0.15) is 0 Å². The van der Waals surface area contributed by atoms with Gasteiger partial charge in [0, 0.05) is 28.1 Å². The Balaban J connectivity index is 0.897. The van der Waals surface area contributed by atoms with Gasteiger partial charge in [0.25, 0.3) is 0 Å². The lowest BCUT2D eigenvalue weighted by atomic mass is 9.93. The molecule has 10 aromatic rings. The third-order valence-electron chi connectivity index (χ3n) is 12.8. The molecule has 0 fully saturated rings. The Labute approximate surface area is 388 Å². The standard InChI is InChI=1S/C64H48N2/c1-4-14-47(15-5-1)50-26-36-58(37-27-50)65(60-40-34-54(35-41-60)57-23-12-22-56(46-57)49-18-8-3-9-19-49)59-38-28-52(29-39-59)53-32-44-62(45-33-53)66(64-25-13-21-55-20-10-11-24-63(55)64)61-42-30-51(31-43-61)48-16-6-2-7-17-48/h1-40,42-46,60H,41H2. The zero-order valence-electron chi connectivity index (χ0n) is 36.7. The number of hydrogen-bond donors (Lipinski definition) is 0. The van der Waals surface area contributed by atoms with Crippen molar-refractivity contribution >= 4 is 44.8 Å². The highest BCUT2D eigenvalue weighted by Crippen LogP contribution is 2.41. The molecule has 0 bridgehead atoms. The quantitative estimate of drug-likeness (QED) is 0.128. The first-order chi connectivity index (χ1) is 32.7. The number of nitrogens with zero attached hydrogens (tertiary/aromatic N) is 2. The normalized spacial score (nSPS) is 13.3. The average Bonchev–Trinajstić information content (AvgIpc) is 3.41. The van der Waals surface area contributed by atoms with Crippen molar-refractivity contribution in [2.45, 2.75) is 12.5 Å². The van der Waals surface area contributed by atoms with Crippen molar-refractivity contribution in [3.8, 4) is 44.5 Å². The first kappa shape index (κ1) is 40.3. The van der Waals surface area contributed by atoms with Crippen LogP contribution in [0.1, 0.15) is 12.0 Å². The maximum Gasteiger partial charge on any atom is 0.0560 e. The van der Waals surface area contributed by atoms with Crippen molar-refractivity contribution < 1.29 is 0 Å². The fourth-order valence-electron chi connectivity index (χ4n) is 9.38. The number of hydrogen-bond acceptors (Lipinski definition) is 2. The van der Waals surface area contributed by atoms with Crippen molar-refractivity contribution in [2.75, 3.05) is 9.80 Å². The predicted octanol–water partition coefficient (Wildman–Crippen LogP) is 17.5. The van der Waals surface area contributed by atoms with Crippen LogP contribution in [0, 0.1) is 0 Å². The van der Waals surface area contributed by atoms with Crippen molar-refractivity contribution in [1.82, 2.24) is 0 Å². The maximum atomic E-state index is 2.48. The van der Waals surface area contributed by atoms with Crippen molar-refractivity contribution in [3.63, 3.8) is 0 Å². The summed E-state index contributed by atoms with van der Waals surface area (Å²) in [7, 11) is 0. The molecule has 1 aliphatic rings. The van der Waals surface area contributed by atoms with Crippen molar-refractivity contribution in [1.29, 1.82) is 0 Å². The molecular formula is C64H48N2. The van der Waals surface area contributed by atoms with Crippen LogP contribution < -0.4 is 9.80 Å². The number of benzene rings is 10. The fourth-order valence-corrected chi connectivity index (χ4v) is 9.38. The van der Waals surface area contributed by atoms with E-state index in [9.17, 15) is 0 Å². The van der Waals surface area contributed by atoms with Crippen LogP contribution in [0.2, 0.25) is 0 Å². The van der Waals surface area contributed by atoms with E-state index in [0.717, 1.165) is 34.9 Å². The van der Waals surface area contributed by atoms with E-state index in [2.05, 4.69) is 283 Å². The summed E-state index contributed by atoms with van der Waals surface area (Å²) in [6.45, 7) is 0. The molecule has 1 aliphatic carbocycles. The van der Waals surface area contributed by atoms with Gasteiger partial charge in [-0.15, -0.1) is 0 Å². The van der Waals surface area contributed by atoms with E-state index < -0.39 is 0 Å². The second kappa shape index (κ2) is 18.3. The zero-order valence-corrected chi connectivity index (χ0v) is 36.7. The van der Waals surface area contributed by atoms with Gasteiger partial charge in [0.2, 0.25) is 0 Å². The lowest BCUT2D eigenvalue weighted by Crippen LogP contribution is -2.30. The Bertz CT molecular complexity index is 3280. The minimum atomic E-state index is 0.139. The van der Waals surface area contributed by atoms with Gasteiger partial charge in [-0.25, -0.2) is 0 Å². The van der Waals surface area contributed by atoms with E-state index in [0.29, 0.717) is 0 Å². The zero-order chi connectivity index (χ0) is 44.1. The summed E-state index contributed by atoms with van der Waals surface area (Å²) in [4.78, 5) is 4.86. The third-order valence-corrected chi connectivity index (χ3v) is 12.8. The van der Waals surface area contributed by atoms with Gasteiger partial charge < -0.3 is 9.80 Å². The van der Waals surface area contributed by atoms with Crippen LogP contribution in [0.25, 0.3) is 60.9 Å². The number of allylic oxidation sites excluding steroid dienone is 2. The van der Waals surface area contributed by atoms with E-state index in [4.69, 9.17) is 0 Å². The van der Waals surface area contributed by atoms with Gasteiger partial charge in [-0.1, -0.05) is 212 Å². The molecule has 0 saturated carbocycles. The van der Waals surface area contributed by atoms with Crippen LogP contribution in [0.4, 0.5) is 28.4 Å². The lowest BCUT2D eigenvalue weighted by molar-refractivity contribution is 0.787. The summed E-state index contributed by atoms with van der Waals surface area (Å²) in [6, 6.07) is 92.1. The summed E-state index contributed by atoms with van der Waals surface area (Å²) >= 11 is 0. The monoisotopic (exact) mass is 844 g/mol. The SMILES string of the molecule is C1=CC(N(c2ccc(-c3ccccc3)cc2)c2ccc(-c3ccc(N(c4ccc(-c5ccccc5)cc4)c4cccc5ccccc45)cc3)cc2)CC=C1c1cccc(-c2ccccc2)c1. The van der Waals surface area contributed by atoms with Crippen LogP contribution in [0.5, 0.6) is 0 Å². The van der Waals surface area contributed by atoms with E-state index >= 15 is 0 Å². The molecule has 11 rings (SSSR count). The molecule has 0 saturated heterocycles. The molecule has 2 nitrogen and oxygen atoms in total. The van der Waals surface area contributed by atoms with E-state index in [1.54, 1.807) is 0 Å². The van der Waals surface area contributed by atoms with Crippen LogP contribution in [-0.2, 0) is 0 Å². The Morgan fingerprint density at radius 1 is 0.318 bits per heavy atom. The van der Waals surface area contributed by atoms with Crippen LogP contribution >= 0.6 is 0 Å². The molecule has 0 radical (unpaired) electrons. The molecule has 10 aromatic carbocycles. The van der Waals surface area contributed by atoms with E-state index in [1.807, 2.05) is 0 Å². The first-order valence-electron chi connectivity index (χ1n) is 22.8. The molecule has 1 unspecified atom stereocenters. The molecule has 0 heterocycles. The highest BCUT2D eigenvalue weighted by Gasteiger charge is 2.22. The van der Waals surface area contributed by atoms with Crippen LogP contribution in [0.3, 0.4) is 0 Å². The predicted molar refractivity (Wildman–Crippen MR) is 281 cm³/mol. The Morgan fingerprint density at radius 2 is 0.712 bits per heavy atom. The second-order valence-electron chi connectivity index (χ2n) is 16.9. The summed E-state index contributed by atoms with van der Waals surface area (Å²) in [5.41, 5.74) is 17.8. The van der Waals surface area contributed by atoms with E-state index in [1.165, 1.54) is 66.4 Å². The lowest BCUT2D eigenvalue weighted by Gasteiger charge is -2.33. The number of rotatable bonds is 11. The highest BCUT2D eigenvalue weighted by atomic mass is 15.2. The molecule has 66 heavy (non-hydrogen) atoms. The molecule has 314 valence electrons. The molecule has 2 heteroatoms. The van der Waals surface area contributed by atoms with Gasteiger partial charge in [-0.05, 0) is 128 Å². The Kier molecular flexibility index (Phi) is 11.2. The Hall–Kier alpha value is -8.46. The topological polar surface area (TPSA) is 6.48 Å². The minimum Gasteiger partial charge on any atom is -0.334 e. The molecular weight excluding hydrogens is 797 g/mol. The number of fused-ring (bicyclic) bond motifs is 1. The third kappa shape index (κ3) is 8.36. The summed E-state index contributed by atoms with van der Waals surface area (Å²) in [5, 5.41) is 2.43.